The molecule has 122 valence electrons. The van der Waals surface area contributed by atoms with Gasteiger partial charge < -0.3 is 9.47 Å². The van der Waals surface area contributed by atoms with E-state index in [0.717, 1.165) is 4.47 Å². The van der Waals surface area contributed by atoms with E-state index in [0.29, 0.717) is 23.7 Å². The first-order valence-electron chi connectivity index (χ1n) is 7.56. The highest BCUT2D eigenvalue weighted by Gasteiger charge is 2.15. The number of hydrogen-bond donors (Lipinski definition) is 0. The summed E-state index contributed by atoms with van der Waals surface area (Å²) in [5.41, 5.74) is 1.74. The third-order valence-electron chi connectivity index (χ3n) is 3.40. The van der Waals surface area contributed by atoms with Gasteiger partial charge in [0.15, 0.2) is 0 Å². The minimum Gasteiger partial charge on any atom is -0.493 e. The van der Waals surface area contributed by atoms with E-state index in [2.05, 4.69) is 36.7 Å². The van der Waals surface area contributed by atoms with Gasteiger partial charge in [-0.05, 0) is 64.2 Å². The molecule has 0 bridgehead atoms. The highest BCUT2D eigenvalue weighted by atomic mass is 79.9. The van der Waals surface area contributed by atoms with Crippen LogP contribution in [0.4, 0.5) is 0 Å². The van der Waals surface area contributed by atoms with Gasteiger partial charge in [0.25, 0.3) is 0 Å². The largest absolute Gasteiger partial charge is 0.493 e. The Bertz CT molecular complexity index is 685. The van der Waals surface area contributed by atoms with Crippen molar-refractivity contribution in [3.05, 3.63) is 58.1 Å². The van der Waals surface area contributed by atoms with E-state index < -0.39 is 5.97 Å². The summed E-state index contributed by atoms with van der Waals surface area (Å²) in [7, 11) is 0. The number of esters is 1. The predicted molar refractivity (Wildman–Crippen MR) is 95.4 cm³/mol. The lowest BCUT2D eigenvalue weighted by Crippen LogP contribution is -2.12. The van der Waals surface area contributed by atoms with E-state index in [-0.39, 0.29) is 5.41 Å². The Balaban J connectivity index is 2.11. The minimum atomic E-state index is -0.391. The van der Waals surface area contributed by atoms with Crippen LogP contribution in [0.2, 0.25) is 0 Å². The van der Waals surface area contributed by atoms with Crippen molar-refractivity contribution in [3.63, 3.8) is 0 Å². The number of halogens is 1. The van der Waals surface area contributed by atoms with Crippen LogP contribution in [0.15, 0.2) is 46.9 Å². The van der Waals surface area contributed by atoms with Crippen LogP contribution in [0, 0.1) is 0 Å². The molecule has 0 spiro atoms. The first-order chi connectivity index (χ1) is 10.8. The fourth-order valence-electron chi connectivity index (χ4n) is 2.09. The normalized spacial score (nSPS) is 11.2. The van der Waals surface area contributed by atoms with E-state index in [1.807, 2.05) is 31.2 Å². The standard InChI is InChI=1S/C19H21BrO3/c1-5-22-17-11-6-13(12-16(17)20)18(21)23-15-9-7-14(8-10-15)19(2,3)4/h6-12H,5H2,1-4H3. The van der Waals surface area contributed by atoms with Gasteiger partial charge in [0, 0.05) is 0 Å². The van der Waals surface area contributed by atoms with Crippen molar-refractivity contribution in [2.24, 2.45) is 0 Å². The Kier molecular flexibility index (Phi) is 5.47. The van der Waals surface area contributed by atoms with Crippen LogP contribution in [-0.2, 0) is 5.41 Å². The number of rotatable bonds is 4. The molecule has 0 fully saturated rings. The Morgan fingerprint density at radius 1 is 1.09 bits per heavy atom. The lowest BCUT2D eigenvalue weighted by atomic mass is 9.87. The van der Waals surface area contributed by atoms with Gasteiger partial charge in [-0.2, -0.15) is 0 Å². The van der Waals surface area contributed by atoms with Crippen LogP contribution in [0.25, 0.3) is 0 Å². The summed E-state index contributed by atoms with van der Waals surface area (Å²) >= 11 is 3.40. The van der Waals surface area contributed by atoms with Crippen molar-refractivity contribution in [3.8, 4) is 11.5 Å². The predicted octanol–water partition coefficient (Wildman–Crippen LogP) is 5.36. The van der Waals surface area contributed by atoms with Crippen molar-refractivity contribution in [2.75, 3.05) is 6.61 Å². The average molecular weight is 377 g/mol. The smallest absolute Gasteiger partial charge is 0.343 e. The maximum atomic E-state index is 12.2. The molecular formula is C19H21BrO3. The molecule has 2 aromatic rings. The van der Waals surface area contributed by atoms with E-state index in [1.54, 1.807) is 18.2 Å². The average Bonchev–Trinajstić information content (AvgIpc) is 2.49. The van der Waals surface area contributed by atoms with Crippen molar-refractivity contribution < 1.29 is 14.3 Å². The fourth-order valence-corrected chi connectivity index (χ4v) is 2.58. The summed E-state index contributed by atoms with van der Waals surface area (Å²) in [5.74, 6) is 0.851. The highest BCUT2D eigenvalue weighted by Crippen LogP contribution is 2.27. The molecule has 2 rings (SSSR count). The molecule has 0 atom stereocenters. The summed E-state index contributed by atoms with van der Waals surface area (Å²) in [5, 5.41) is 0. The maximum Gasteiger partial charge on any atom is 0.343 e. The molecule has 0 unspecified atom stereocenters. The van der Waals surface area contributed by atoms with Gasteiger partial charge in [0.1, 0.15) is 11.5 Å². The molecule has 3 nitrogen and oxygen atoms in total. The van der Waals surface area contributed by atoms with Gasteiger partial charge in [0.05, 0.1) is 16.6 Å². The molecule has 23 heavy (non-hydrogen) atoms. The van der Waals surface area contributed by atoms with E-state index in [9.17, 15) is 4.79 Å². The Hall–Kier alpha value is -1.81. The van der Waals surface area contributed by atoms with Crippen molar-refractivity contribution in [2.45, 2.75) is 33.1 Å². The molecule has 0 amide bonds. The van der Waals surface area contributed by atoms with Crippen LogP contribution >= 0.6 is 15.9 Å². The SMILES string of the molecule is CCOc1ccc(C(=O)Oc2ccc(C(C)(C)C)cc2)cc1Br. The molecule has 4 heteroatoms. The van der Waals surface area contributed by atoms with Crippen molar-refractivity contribution >= 4 is 21.9 Å². The quantitative estimate of drug-likeness (QED) is 0.531. The summed E-state index contributed by atoms with van der Waals surface area (Å²) < 4.78 is 11.6. The molecule has 0 radical (unpaired) electrons. The number of carbonyl (C=O) groups is 1. The van der Waals surface area contributed by atoms with Crippen molar-refractivity contribution in [1.29, 1.82) is 0 Å². The third kappa shape index (κ3) is 4.58. The first kappa shape index (κ1) is 17.5. The molecule has 0 aliphatic heterocycles. The van der Waals surface area contributed by atoms with Gasteiger partial charge >= 0.3 is 5.97 Å². The van der Waals surface area contributed by atoms with Crippen LogP contribution in [0.1, 0.15) is 43.6 Å². The van der Waals surface area contributed by atoms with Crippen LogP contribution in [0.3, 0.4) is 0 Å². The zero-order chi connectivity index (χ0) is 17.0. The Labute approximate surface area is 145 Å². The van der Waals surface area contributed by atoms with Gasteiger partial charge in [0.2, 0.25) is 0 Å². The van der Waals surface area contributed by atoms with Crippen LogP contribution in [-0.4, -0.2) is 12.6 Å². The molecule has 0 aliphatic rings. The monoisotopic (exact) mass is 376 g/mol. The maximum absolute atomic E-state index is 12.2. The van der Waals surface area contributed by atoms with Gasteiger partial charge in [-0.3, -0.25) is 0 Å². The number of benzene rings is 2. The lowest BCUT2D eigenvalue weighted by Gasteiger charge is -2.19. The molecule has 0 saturated carbocycles. The molecule has 0 heterocycles. The third-order valence-corrected chi connectivity index (χ3v) is 4.02. The summed E-state index contributed by atoms with van der Waals surface area (Å²) in [4.78, 5) is 12.2. The van der Waals surface area contributed by atoms with Crippen LogP contribution in [0.5, 0.6) is 11.5 Å². The molecule has 0 aromatic heterocycles. The fraction of sp³-hybridized carbons (Fsp3) is 0.316. The van der Waals surface area contributed by atoms with Crippen molar-refractivity contribution in [1.82, 2.24) is 0 Å². The zero-order valence-corrected chi connectivity index (χ0v) is 15.4. The summed E-state index contributed by atoms with van der Waals surface area (Å²) in [6, 6.07) is 12.8. The molecule has 2 aromatic carbocycles. The van der Waals surface area contributed by atoms with Gasteiger partial charge in [-0.1, -0.05) is 32.9 Å². The molecule has 0 N–H and O–H groups in total. The lowest BCUT2D eigenvalue weighted by molar-refractivity contribution is 0.0734. The second kappa shape index (κ2) is 7.18. The van der Waals surface area contributed by atoms with Gasteiger partial charge in [-0.15, -0.1) is 0 Å². The number of ether oxygens (including phenoxy) is 2. The second-order valence-corrected chi connectivity index (χ2v) is 7.10. The molecule has 0 saturated heterocycles. The van der Waals surface area contributed by atoms with E-state index in [4.69, 9.17) is 9.47 Å². The highest BCUT2D eigenvalue weighted by molar-refractivity contribution is 9.10. The summed E-state index contributed by atoms with van der Waals surface area (Å²) in [6.45, 7) is 8.92. The number of carbonyl (C=O) groups excluding carboxylic acids is 1. The Morgan fingerprint density at radius 2 is 1.74 bits per heavy atom. The second-order valence-electron chi connectivity index (χ2n) is 6.24. The van der Waals surface area contributed by atoms with Crippen LogP contribution < -0.4 is 9.47 Å². The van der Waals surface area contributed by atoms with E-state index in [1.165, 1.54) is 5.56 Å². The first-order valence-corrected chi connectivity index (χ1v) is 8.35. The number of hydrogen-bond acceptors (Lipinski definition) is 3. The molecular weight excluding hydrogens is 356 g/mol. The van der Waals surface area contributed by atoms with E-state index >= 15 is 0 Å². The topological polar surface area (TPSA) is 35.5 Å². The molecule has 0 aliphatic carbocycles. The minimum absolute atomic E-state index is 0.0719. The zero-order valence-electron chi connectivity index (χ0n) is 13.9. The van der Waals surface area contributed by atoms with Gasteiger partial charge in [-0.25, -0.2) is 4.79 Å². The summed E-state index contributed by atoms with van der Waals surface area (Å²) in [6.07, 6.45) is 0. The Morgan fingerprint density at radius 3 is 2.26 bits per heavy atom.